The van der Waals surface area contributed by atoms with E-state index in [0.29, 0.717) is 5.92 Å². The standard InChI is InChI=1S/C16H19NO2S/c1-4-11-5-7-12(8-6-11)15-13(9-14(18)19)20-16(17-15)10(2)3/h5-8,10H,4,9H2,1-3H3,(H,18,19). The molecule has 0 saturated heterocycles. The number of nitrogens with zero attached hydrogens (tertiary/aromatic N) is 1. The Hall–Kier alpha value is -1.68. The van der Waals surface area contributed by atoms with Gasteiger partial charge in [-0.05, 0) is 12.0 Å². The lowest BCUT2D eigenvalue weighted by molar-refractivity contribution is -0.136. The summed E-state index contributed by atoms with van der Waals surface area (Å²) in [5.41, 5.74) is 3.10. The van der Waals surface area contributed by atoms with E-state index in [-0.39, 0.29) is 6.42 Å². The predicted molar refractivity (Wildman–Crippen MR) is 82.4 cm³/mol. The highest BCUT2D eigenvalue weighted by atomic mass is 32.1. The molecule has 0 aliphatic rings. The van der Waals surface area contributed by atoms with Crippen molar-refractivity contribution in [2.24, 2.45) is 0 Å². The van der Waals surface area contributed by atoms with Crippen LogP contribution >= 0.6 is 11.3 Å². The van der Waals surface area contributed by atoms with Crippen LogP contribution in [0.3, 0.4) is 0 Å². The lowest BCUT2D eigenvalue weighted by atomic mass is 10.1. The summed E-state index contributed by atoms with van der Waals surface area (Å²) >= 11 is 1.51. The highest BCUT2D eigenvalue weighted by Crippen LogP contribution is 2.32. The maximum Gasteiger partial charge on any atom is 0.308 e. The van der Waals surface area contributed by atoms with E-state index in [2.05, 4.69) is 37.9 Å². The molecule has 0 unspecified atom stereocenters. The molecule has 0 bridgehead atoms. The minimum absolute atomic E-state index is 0.0370. The summed E-state index contributed by atoms with van der Waals surface area (Å²) < 4.78 is 0. The average Bonchev–Trinajstić information content (AvgIpc) is 2.82. The van der Waals surface area contributed by atoms with Gasteiger partial charge >= 0.3 is 5.97 Å². The van der Waals surface area contributed by atoms with Crippen LogP contribution in [0.25, 0.3) is 11.3 Å². The third-order valence-corrected chi connectivity index (χ3v) is 4.51. The average molecular weight is 289 g/mol. The normalized spacial score (nSPS) is 11.0. The topological polar surface area (TPSA) is 50.2 Å². The summed E-state index contributed by atoms with van der Waals surface area (Å²) in [5, 5.41) is 10.0. The fourth-order valence-corrected chi connectivity index (χ4v) is 3.08. The van der Waals surface area contributed by atoms with E-state index in [0.717, 1.165) is 27.6 Å². The van der Waals surface area contributed by atoms with Crippen LogP contribution in [0.1, 0.15) is 42.1 Å². The van der Waals surface area contributed by atoms with Crippen LogP contribution in [0, 0.1) is 0 Å². The van der Waals surface area contributed by atoms with E-state index in [1.165, 1.54) is 16.9 Å². The van der Waals surface area contributed by atoms with Crippen LogP contribution in [0.4, 0.5) is 0 Å². The van der Waals surface area contributed by atoms with Gasteiger partial charge in [0.2, 0.25) is 0 Å². The quantitative estimate of drug-likeness (QED) is 0.900. The number of carboxylic acid groups (broad SMARTS) is 1. The first kappa shape index (κ1) is 14.7. The predicted octanol–water partition coefficient (Wildman–Crippen LogP) is 4.12. The zero-order chi connectivity index (χ0) is 14.7. The number of rotatable bonds is 5. The van der Waals surface area contributed by atoms with Crippen molar-refractivity contribution >= 4 is 17.3 Å². The molecule has 20 heavy (non-hydrogen) atoms. The Morgan fingerprint density at radius 1 is 1.30 bits per heavy atom. The molecular weight excluding hydrogens is 270 g/mol. The van der Waals surface area contributed by atoms with Crippen LogP contribution in [-0.2, 0) is 17.6 Å². The molecule has 1 N–H and O–H groups in total. The first-order valence-corrected chi connectivity index (χ1v) is 7.63. The van der Waals surface area contributed by atoms with Gasteiger partial charge in [-0.25, -0.2) is 4.98 Å². The second-order valence-electron chi connectivity index (χ2n) is 5.10. The molecule has 4 heteroatoms. The smallest absolute Gasteiger partial charge is 0.308 e. The molecule has 0 radical (unpaired) electrons. The highest BCUT2D eigenvalue weighted by Gasteiger charge is 2.17. The monoisotopic (exact) mass is 289 g/mol. The summed E-state index contributed by atoms with van der Waals surface area (Å²) in [6.45, 7) is 6.27. The van der Waals surface area contributed by atoms with Gasteiger partial charge in [-0.3, -0.25) is 4.79 Å². The Labute approximate surface area is 123 Å². The van der Waals surface area contributed by atoms with Crippen molar-refractivity contribution in [2.45, 2.75) is 39.5 Å². The van der Waals surface area contributed by atoms with Gasteiger partial charge in [0.15, 0.2) is 0 Å². The second kappa shape index (κ2) is 6.18. The molecule has 3 nitrogen and oxygen atoms in total. The molecule has 0 saturated carbocycles. The summed E-state index contributed by atoms with van der Waals surface area (Å²) in [4.78, 5) is 16.5. The molecule has 106 valence electrons. The van der Waals surface area contributed by atoms with Gasteiger partial charge in [0.25, 0.3) is 0 Å². The number of aryl methyl sites for hydroxylation is 1. The minimum Gasteiger partial charge on any atom is -0.481 e. The summed E-state index contributed by atoms with van der Waals surface area (Å²) in [6, 6.07) is 8.22. The maximum absolute atomic E-state index is 11.0. The number of hydrogen-bond donors (Lipinski definition) is 1. The lowest BCUT2D eigenvalue weighted by Gasteiger charge is -2.02. The molecule has 0 spiro atoms. The molecule has 1 aromatic heterocycles. The largest absolute Gasteiger partial charge is 0.481 e. The van der Waals surface area contributed by atoms with E-state index in [9.17, 15) is 4.79 Å². The number of carboxylic acids is 1. The molecule has 0 fully saturated rings. The number of carbonyl (C=O) groups is 1. The van der Waals surface area contributed by atoms with Crippen LogP contribution in [0.15, 0.2) is 24.3 Å². The van der Waals surface area contributed by atoms with Crippen LogP contribution < -0.4 is 0 Å². The summed E-state index contributed by atoms with van der Waals surface area (Å²) in [6.07, 6.45) is 1.03. The SMILES string of the molecule is CCc1ccc(-c2nc(C(C)C)sc2CC(=O)O)cc1. The Balaban J connectivity index is 2.43. The van der Waals surface area contributed by atoms with E-state index >= 15 is 0 Å². The van der Waals surface area contributed by atoms with Gasteiger partial charge in [-0.2, -0.15) is 0 Å². The Bertz CT molecular complexity index is 599. The molecule has 1 heterocycles. The zero-order valence-corrected chi connectivity index (χ0v) is 12.8. The third kappa shape index (κ3) is 3.25. The van der Waals surface area contributed by atoms with Crippen molar-refractivity contribution in [3.63, 3.8) is 0 Å². The van der Waals surface area contributed by atoms with Crippen molar-refractivity contribution in [1.82, 2.24) is 4.98 Å². The van der Waals surface area contributed by atoms with E-state index < -0.39 is 5.97 Å². The molecule has 0 amide bonds. The summed E-state index contributed by atoms with van der Waals surface area (Å²) in [5.74, 6) is -0.494. The fraction of sp³-hybridized carbons (Fsp3) is 0.375. The van der Waals surface area contributed by atoms with Crippen molar-refractivity contribution < 1.29 is 9.90 Å². The van der Waals surface area contributed by atoms with Crippen molar-refractivity contribution in [3.05, 3.63) is 39.7 Å². The Kier molecular flexibility index (Phi) is 4.55. The highest BCUT2D eigenvalue weighted by molar-refractivity contribution is 7.12. The van der Waals surface area contributed by atoms with Gasteiger partial charge in [-0.1, -0.05) is 45.0 Å². The first-order chi connectivity index (χ1) is 9.51. The zero-order valence-electron chi connectivity index (χ0n) is 12.0. The van der Waals surface area contributed by atoms with Crippen molar-refractivity contribution in [2.75, 3.05) is 0 Å². The van der Waals surface area contributed by atoms with Crippen molar-refractivity contribution in [1.29, 1.82) is 0 Å². The molecule has 2 aromatic rings. The molecule has 2 rings (SSSR count). The Morgan fingerprint density at radius 2 is 1.95 bits per heavy atom. The van der Waals surface area contributed by atoms with Gasteiger partial charge in [0.1, 0.15) is 0 Å². The van der Waals surface area contributed by atoms with Crippen molar-refractivity contribution in [3.8, 4) is 11.3 Å². The number of thiazole rings is 1. The Morgan fingerprint density at radius 3 is 2.45 bits per heavy atom. The molecule has 1 aromatic carbocycles. The molecule has 0 aliphatic carbocycles. The first-order valence-electron chi connectivity index (χ1n) is 6.82. The number of aromatic nitrogens is 1. The summed E-state index contributed by atoms with van der Waals surface area (Å²) in [7, 11) is 0. The van der Waals surface area contributed by atoms with E-state index in [1.807, 2.05) is 12.1 Å². The second-order valence-corrected chi connectivity index (χ2v) is 6.21. The molecule has 0 atom stereocenters. The maximum atomic E-state index is 11.0. The third-order valence-electron chi connectivity index (χ3n) is 3.16. The van der Waals surface area contributed by atoms with E-state index in [4.69, 9.17) is 5.11 Å². The van der Waals surface area contributed by atoms with Gasteiger partial charge < -0.3 is 5.11 Å². The van der Waals surface area contributed by atoms with Crippen LogP contribution in [0.5, 0.6) is 0 Å². The van der Waals surface area contributed by atoms with Gasteiger partial charge in [-0.15, -0.1) is 11.3 Å². The number of aliphatic carboxylic acids is 1. The molecular formula is C16H19NO2S. The van der Waals surface area contributed by atoms with Crippen LogP contribution in [-0.4, -0.2) is 16.1 Å². The van der Waals surface area contributed by atoms with Crippen LogP contribution in [0.2, 0.25) is 0 Å². The number of hydrogen-bond acceptors (Lipinski definition) is 3. The molecule has 0 aliphatic heterocycles. The van der Waals surface area contributed by atoms with Gasteiger partial charge in [0.05, 0.1) is 17.1 Å². The number of benzene rings is 1. The van der Waals surface area contributed by atoms with E-state index in [1.54, 1.807) is 0 Å². The van der Waals surface area contributed by atoms with Gasteiger partial charge in [0, 0.05) is 16.4 Å². The fourth-order valence-electron chi connectivity index (χ4n) is 2.00. The minimum atomic E-state index is -0.810. The lowest BCUT2D eigenvalue weighted by Crippen LogP contribution is -1.99.